The third-order valence-corrected chi connectivity index (χ3v) is 4.50. The Balaban J connectivity index is 2.17. The summed E-state index contributed by atoms with van der Waals surface area (Å²) in [7, 11) is 0. The van der Waals surface area contributed by atoms with Gasteiger partial charge < -0.3 is 16.0 Å². The van der Waals surface area contributed by atoms with Crippen LogP contribution in [0.1, 0.15) is 25.3 Å². The number of carbonyl (C=O) groups excluding carboxylic acids is 2. The molecule has 1 aliphatic heterocycles. The Labute approximate surface area is 162 Å². The fraction of sp³-hybridized carbons (Fsp3) is 0.350. The van der Waals surface area contributed by atoms with Gasteiger partial charge in [0, 0.05) is 6.54 Å². The average molecular weight is 390 g/mol. The van der Waals surface area contributed by atoms with Gasteiger partial charge in [0.25, 0.3) is 0 Å². The van der Waals surface area contributed by atoms with Gasteiger partial charge in [-0.25, -0.2) is 13.8 Å². The van der Waals surface area contributed by atoms with Crippen molar-refractivity contribution < 1.29 is 18.4 Å². The molecule has 6 nitrogen and oxygen atoms in total. The van der Waals surface area contributed by atoms with Gasteiger partial charge >= 0.3 is 11.8 Å². The monoisotopic (exact) mass is 390 g/mol. The molecular formula is C20H24F2N4O2. The molecule has 8 heteroatoms. The zero-order valence-electron chi connectivity index (χ0n) is 15.9. The van der Waals surface area contributed by atoms with E-state index < -0.39 is 29.9 Å². The van der Waals surface area contributed by atoms with E-state index in [2.05, 4.69) is 16.9 Å². The number of nitrogens with one attached hydrogen (secondary N) is 1. The largest absolute Gasteiger partial charge is 0.383 e. The highest BCUT2D eigenvalue weighted by Crippen LogP contribution is 2.27. The molecule has 1 saturated heterocycles. The Kier molecular flexibility index (Phi) is 7.03. The summed E-state index contributed by atoms with van der Waals surface area (Å²) < 4.78 is 27.9. The van der Waals surface area contributed by atoms with E-state index in [4.69, 9.17) is 5.73 Å². The number of allylic oxidation sites excluding steroid dienone is 3. The van der Waals surface area contributed by atoms with Gasteiger partial charge in [-0.3, -0.25) is 9.59 Å². The highest BCUT2D eigenvalue weighted by molar-refractivity contribution is 6.39. The summed E-state index contributed by atoms with van der Waals surface area (Å²) >= 11 is 0. The maximum absolute atomic E-state index is 14.6. The topological polar surface area (TPSA) is 88.3 Å². The minimum atomic E-state index is -1.39. The number of carbonyl (C=O) groups is 2. The van der Waals surface area contributed by atoms with Gasteiger partial charge in [-0.2, -0.15) is 0 Å². The van der Waals surface area contributed by atoms with Gasteiger partial charge in [-0.15, -0.1) is 0 Å². The SMILES string of the molecule is C=C(/C=C\C(F)=C/C)[C@@H]1[C@H](F)CCCN1C(=O)C(=O)Nc1cnc(N)c(C)c1. The first-order valence-corrected chi connectivity index (χ1v) is 8.91. The van der Waals surface area contributed by atoms with Crippen molar-refractivity contribution in [1.29, 1.82) is 0 Å². The fourth-order valence-electron chi connectivity index (χ4n) is 2.96. The van der Waals surface area contributed by atoms with Crippen LogP contribution in [-0.4, -0.2) is 40.5 Å². The van der Waals surface area contributed by atoms with Crippen LogP contribution in [0.3, 0.4) is 0 Å². The summed E-state index contributed by atoms with van der Waals surface area (Å²) in [6.07, 6.45) is 4.31. The molecule has 0 saturated carbocycles. The third-order valence-electron chi connectivity index (χ3n) is 4.50. The van der Waals surface area contributed by atoms with Crippen LogP contribution in [0, 0.1) is 6.92 Å². The lowest BCUT2D eigenvalue weighted by Gasteiger charge is -2.38. The number of amides is 2. The van der Waals surface area contributed by atoms with Gasteiger partial charge in [0.05, 0.1) is 17.9 Å². The van der Waals surface area contributed by atoms with E-state index >= 15 is 0 Å². The molecule has 2 amide bonds. The Hall–Kier alpha value is -3.03. The number of likely N-dealkylation sites (tertiary alicyclic amines) is 1. The van der Waals surface area contributed by atoms with E-state index in [0.717, 1.165) is 11.0 Å². The summed E-state index contributed by atoms with van der Waals surface area (Å²) in [5, 5.41) is 2.45. The molecule has 0 aromatic carbocycles. The van der Waals surface area contributed by atoms with Crippen LogP contribution in [0.5, 0.6) is 0 Å². The second-order valence-electron chi connectivity index (χ2n) is 6.56. The summed E-state index contributed by atoms with van der Waals surface area (Å²) in [5.74, 6) is -1.99. The normalized spacial score (nSPS) is 20.3. The first-order valence-electron chi connectivity index (χ1n) is 8.91. The van der Waals surface area contributed by atoms with Crippen molar-refractivity contribution in [2.75, 3.05) is 17.6 Å². The summed E-state index contributed by atoms with van der Waals surface area (Å²) in [6, 6.07) is 0.555. The second kappa shape index (κ2) is 9.25. The summed E-state index contributed by atoms with van der Waals surface area (Å²) in [6.45, 7) is 7.21. The minimum absolute atomic E-state index is 0.204. The van der Waals surface area contributed by atoms with Gasteiger partial charge in [0.1, 0.15) is 17.8 Å². The van der Waals surface area contributed by atoms with E-state index in [9.17, 15) is 18.4 Å². The van der Waals surface area contributed by atoms with Crippen molar-refractivity contribution in [3.05, 3.63) is 54.0 Å². The van der Waals surface area contributed by atoms with Crippen LogP contribution in [-0.2, 0) is 9.59 Å². The number of alkyl halides is 1. The van der Waals surface area contributed by atoms with Crippen molar-refractivity contribution >= 4 is 23.3 Å². The van der Waals surface area contributed by atoms with Crippen LogP contribution in [0.2, 0.25) is 0 Å². The van der Waals surface area contributed by atoms with Crippen molar-refractivity contribution in [2.24, 2.45) is 0 Å². The van der Waals surface area contributed by atoms with E-state index in [1.54, 1.807) is 13.0 Å². The number of halogens is 2. The van der Waals surface area contributed by atoms with Crippen LogP contribution in [0.15, 0.2) is 48.5 Å². The molecule has 0 unspecified atom stereocenters. The van der Waals surface area contributed by atoms with Crippen LogP contribution >= 0.6 is 0 Å². The maximum Gasteiger partial charge on any atom is 0.313 e. The molecule has 2 heterocycles. The standard InChI is InChI=1S/C20H24F2N4O2/c1-4-14(21)8-7-12(2)17-16(22)6-5-9-26(17)20(28)19(27)25-15-10-13(3)18(23)24-11-15/h4,7-8,10-11,16-17H,2,5-6,9H2,1,3H3,(H2,23,24)(H,25,27)/b8-7-,14-4+/t16-,17-/m1/s1. The molecule has 28 heavy (non-hydrogen) atoms. The molecule has 1 aliphatic rings. The molecule has 2 rings (SSSR count). The number of nitrogen functional groups attached to an aromatic ring is 1. The van der Waals surface area contributed by atoms with E-state index in [1.165, 1.54) is 25.3 Å². The second-order valence-corrected chi connectivity index (χ2v) is 6.56. The van der Waals surface area contributed by atoms with Crippen LogP contribution in [0.25, 0.3) is 0 Å². The van der Waals surface area contributed by atoms with Crippen molar-refractivity contribution in [1.82, 2.24) is 9.88 Å². The molecule has 3 N–H and O–H groups in total. The van der Waals surface area contributed by atoms with Gasteiger partial charge in [0.15, 0.2) is 0 Å². The van der Waals surface area contributed by atoms with Crippen molar-refractivity contribution in [3.8, 4) is 0 Å². The molecule has 0 spiro atoms. The lowest BCUT2D eigenvalue weighted by molar-refractivity contribution is -0.146. The lowest BCUT2D eigenvalue weighted by Crippen LogP contribution is -2.53. The smallest absolute Gasteiger partial charge is 0.313 e. The van der Waals surface area contributed by atoms with E-state index in [0.29, 0.717) is 23.5 Å². The number of rotatable bonds is 4. The number of aryl methyl sites for hydroxylation is 1. The maximum atomic E-state index is 14.6. The zero-order chi connectivity index (χ0) is 20.8. The van der Waals surface area contributed by atoms with Crippen LogP contribution < -0.4 is 11.1 Å². The number of piperidine rings is 1. The van der Waals surface area contributed by atoms with Crippen molar-refractivity contribution in [3.63, 3.8) is 0 Å². The molecule has 0 radical (unpaired) electrons. The molecule has 150 valence electrons. The van der Waals surface area contributed by atoms with Gasteiger partial charge in [-0.05, 0) is 50.0 Å². The Morgan fingerprint density at radius 2 is 2.14 bits per heavy atom. The number of anilines is 2. The number of pyridine rings is 1. The highest BCUT2D eigenvalue weighted by Gasteiger charge is 2.38. The Morgan fingerprint density at radius 3 is 2.79 bits per heavy atom. The third kappa shape index (κ3) is 5.03. The van der Waals surface area contributed by atoms with Crippen LogP contribution in [0.4, 0.5) is 20.3 Å². The molecular weight excluding hydrogens is 366 g/mol. The molecule has 0 bridgehead atoms. The molecule has 2 atom stereocenters. The molecule has 0 aliphatic carbocycles. The quantitative estimate of drug-likeness (QED) is 0.610. The number of nitrogens with two attached hydrogens (primary N) is 1. The summed E-state index contributed by atoms with van der Waals surface area (Å²) in [4.78, 5) is 30.1. The first kappa shape index (κ1) is 21.3. The minimum Gasteiger partial charge on any atom is -0.383 e. The molecule has 1 aromatic heterocycles. The Bertz CT molecular complexity index is 835. The predicted octanol–water partition coefficient (Wildman–Crippen LogP) is 3.23. The van der Waals surface area contributed by atoms with E-state index in [1.807, 2.05) is 0 Å². The zero-order valence-corrected chi connectivity index (χ0v) is 15.9. The fourth-order valence-corrected chi connectivity index (χ4v) is 2.96. The number of hydrogen-bond acceptors (Lipinski definition) is 4. The summed E-state index contributed by atoms with van der Waals surface area (Å²) in [5.41, 5.74) is 6.81. The molecule has 1 fully saturated rings. The molecule has 1 aromatic rings. The lowest BCUT2D eigenvalue weighted by atomic mass is 9.93. The highest BCUT2D eigenvalue weighted by atomic mass is 19.1. The Morgan fingerprint density at radius 1 is 1.43 bits per heavy atom. The van der Waals surface area contributed by atoms with Gasteiger partial charge in [-0.1, -0.05) is 18.7 Å². The number of aromatic nitrogens is 1. The number of nitrogens with zero attached hydrogens (tertiary/aromatic N) is 2. The first-order chi connectivity index (χ1) is 13.2. The predicted molar refractivity (Wildman–Crippen MR) is 105 cm³/mol. The number of hydrogen-bond donors (Lipinski definition) is 2. The van der Waals surface area contributed by atoms with E-state index in [-0.39, 0.29) is 18.5 Å². The van der Waals surface area contributed by atoms with Gasteiger partial charge in [0.2, 0.25) is 0 Å². The van der Waals surface area contributed by atoms with Crippen molar-refractivity contribution in [2.45, 2.75) is 38.9 Å². The average Bonchev–Trinajstić information content (AvgIpc) is 2.67.